The molecule has 0 radical (unpaired) electrons. The number of benzene rings is 1. The summed E-state index contributed by atoms with van der Waals surface area (Å²) in [7, 11) is 1.66. The Labute approximate surface area is 108 Å². The van der Waals surface area contributed by atoms with Crippen molar-refractivity contribution in [1.82, 2.24) is 4.98 Å². The van der Waals surface area contributed by atoms with Crippen molar-refractivity contribution in [3.05, 3.63) is 53.9 Å². The summed E-state index contributed by atoms with van der Waals surface area (Å²) in [6, 6.07) is 4.56. The molecule has 1 amide bonds. The highest BCUT2D eigenvalue weighted by Gasteiger charge is 2.13. The lowest BCUT2D eigenvalue weighted by molar-refractivity contribution is 0.102. The number of aromatic nitrogens is 1. The molecule has 1 aromatic heterocycles. The van der Waals surface area contributed by atoms with E-state index in [1.165, 1.54) is 12.4 Å². The molecule has 2 rings (SSSR count). The van der Waals surface area contributed by atoms with Crippen molar-refractivity contribution in [2.75, 3.05) is 17.7 Å². The molecule has 0 aliphatic carbocycles. The van der Waals surface area contributed by atoms with Crippen LogP contribution in [0.3, 0.4) is 0 Å². The van der Waals surface area contributed by atoms with Crippen molar-refractivity contribution in [3.63, 3.8) is 0 Å². The summed E-state index contributed by atoms with van der Waals surface area (Å²) in [6.07, 6.45) is 2.89. The van der Waals surface area contributed by atoms with E-state index < -0.39 is 17.5 Å². The molecule has 2 N–H and O–H groups in total. The first-order valence-electron chi connectivity index (χ1n) is 5.50. The highest BCUT2D eigenvalue weighted by atomic mass is 19.1. The highest BCUT2D eigenvalue weighted by Crippen LogP contribution is 2.18. The van der Waals surface area contributed by atoms with E-state index in [-0.39, 0.29) is 11.3 Å². The van der Waals surface area contributed by atoms with Crippen LogP contribution in [0.2, 0.25) is 0 Å². The average molecular weight is 263 g/mol. The van der Waals surface area contributed by atoms with Gasteiger partial charge in [-0.3, -0.25) is 9.78 Å². The molecule has 1 heterocycles. The predicted molar refractivity (Wildman–Crippen MR) is 68.1 cm³/mol. The van der Waals surface area contributed by atoms with E-state index >= 15 is 0 Å². The topological polar surface area (TPSA) is 54.0 Å². The second-order valence-corrected chi connectivity index (χ2v) is 3.75. The lowest BCUT2D eigenvalue weighted by Crippen LogP contribution is -2.15. The zero-order valence-electron chi connectivity index (χ0n) is 10.1. The van der Waals surface area contributed by atoms with Gasteiger partial charge < -0.3 is 10.6 Å². The van der Waals surface area contributed by atoms with Crippen molar-refractivity contribution in [3.8, 4) is 0 Å². The number of hydrogen-bond donors (Lipinski definition) is 2. The van der Waals surface area contributed by atoms with Crippen LogP contribution >= 0.6 is 0 Å². The maximum absolute atomic E-state index is 13.4. The van der Waals surface area contributed by atoms with Gasteiger partial charge in [0.05, 0.1) is 11.3 Å². The van der Waals surface area contributed by atoms with E-state index in [0.717, 1.165) is 12.1 Å². The van der Waals surface area contributed by atoms with Gasteiger partial charge >= 0.3 is 0 Å². The first-order chi connectivity index (χ1) is 9.11. The highest BCUT2D eigenvalue weighted by molar-refractivity contribution is 6.07. The number of nitrogens with one attached hydrogen (secondary N) is 2. The van der Waals surface area contributed by atoms with E-state index in [9.17, 15) is 13.6 Å². The second kappa shape index (κ2) is 5.43. The molecular formula is C13H11F2N3O. The fourth-order valence-corrected chi connectivity index (χ4v) is 1.57. The van der Waals surface area contributed by atoms with Gasteiger partial charge in [-0.15, -0.1) is 0 Å². The normalized spacial score (nSPS) is 10.1. The standard InChI is InChI=1S/C13H11F2N3O/c1-16-11-4-5-17-7-9(11)13(19)18-12-3-2-8(14)6-10(12)15/h2-7H,1H3,(H,16,17)(H,18,19). The molecule has 0 atom stereocenters. The molecule has 0 saturated carbocycles. The number of hydrogen-bond acceptors (Lipinski definition) is 3. The van der Waals surface area contributed by atoms with Crippen LogP contribution in [0.5, 0.6) is 0 Å². The first kappa shape index (κ1) is 12.9. The van der Waals surface area contributed by atoms with E-state index in [1.54, 1.807) is 13.1 Å². The largest absolute Gasteiger partial charge is 0.387 e. The first-order valence-corrected chi connectivity index (χ1v) is 5.50. The van der Waals surface area contributed by atoms with Crippen molar-refractivity contribution in [1.29, 1.82) is 0 Å². The fourth-order valence-electron chi connectivity index (χ4n) is 1.57. The molecule has 0 aliphatic rings. The lowest BCUT2D eigenvalue weighted by Gasteiger charge is -2.09. The number of anilines is 2. The van der Waals surface area contributed by atoms with E-state index in [2.05, 4.69) is 15.6 Å². The Hall–Kier alpha value is -2.50. The molecule has 98 valence electrons. The van der Waals surface area contributed by atoms with Crippen LogP contribution < -0.4 is 10.6 Å². The Morgan fingerprint density at radius 3 is 2.68 bits per heavy atom. The molecule has 4 nitrogen and oxygen atoms in total. The number of rotatable bonds is 3. The number of amides is 1. The third-order valence-corrected chi connectivity index (χ3v) is 2.51. The van der Waals surface area contributed by atoms with Crippen molar-refractivity contribution >= 4 is 17.3 Å². The smallest absolute Gasteiger partial charge is 0.259 e. The molecule has 6 heteroatoms. The summed E-state index contributed by atoms with van der Waals surface area (Å²) < 4.78 is 26.2. The summed E-state index contributed by atoms with van der Waals surface area (Å²) in [6.45, 7) is 0. The van der Waals surface area contributed by atoms with Crippen LogP contribution in [0.25, 0.3) is 0 Å². The summed E-state index contributed by atoms with van der Waals surface area (Å²) >= 11 is 0. The Morgan fingerprint density at radius 1 is 1.21 bits per heavy atom. The lowest BCUT2D eigenvalue weighted by atomic mass is 10.2. The summed E-state index contributed by atoms with van der Waals surface area (Å²) in [4.78, 5) is 15.8. The molecule has 0 fully saturated rings. The van der Waals surface area contributed by atoms with Crippen LogP contribution in [-0.4, -0.2) is 17.9 Å². The minimum atomic E-state index is -0.830. The average Bonchev–Trinajstić information content (AvgIpc) is 2.41. The van der Waals surface area contributed by atoms with Crippen LogP contribution in [0.1, 0.15) is 10.4 Å². The summed E-state index contributed by atoms with van der Waals surface area (Å²) in [5, 5.41) is 5.20. The van der Waals surface area contributed by atoms with E-state index in [0.29, 0.717) is 11.8 Å². The Morgan fingerprint density at radius 2 is 2.00 bits per heavy atom. The van der Waals surface area contributed by atoms with Crippen LogP contribution in [0.4, 0.5) is 20.2 Å². The molecule has 0 aliphatic heterocycles. The zero-order chi connectivity index (χ0) is 13.8. The van der Waals surface area contributed by atoms with Gasteiger partial charge in [0, 0.05) is 31.2 Å². The van der Waals surface area contributed by atoms with Crippen molar-refractivity contribution in [2.45, 2.75) is 0 Å². The Kier molecular flexibility index (Phi) is 3.70. The monoisotopic (exact) mass is 263 g/mol. The predicted octanol–water partition coefficient (Wildman–Crippen LogP) is 2.65. The van der Waals surface area contributed by atoms with Gasteiger partial charge in [-0.1, -0.05) is 0 Å². The van der Waals surface area contributed by atoms with Gasteiger partial charge in [0.2, 0.25) is 0 Å². The third kappa shape index (κ3) is 2.85. The van der Waals surface area contributed by atoms with Gasteiger partial charge in [0.15, 0.2) is 0 Å². The number of nitrogens with zero attached hydrogens (tertiary/aromatic N) is 1. The van der Waals surface area contributed by atoms with Gasteiger partial charge in [-0.05, 0) is 18.2 Å². The van der Waals surface area contributed by atoms with Crippen molar-refractivity contribution < 1.29 is 13.6 Å². The number of halogens is 2. The molecular weight excluding hydrogens is 252 g/mol. The quantitative estimate of drug-likeness (QED) is 0.895. The molecule has 0 spiro atoms. The third-order valence-electron chi connectivity index (χ3n) is 2.51. The maximum Gasteiger partial charge on any atom is 0.259 e. The van der Waals surface area contributed by atoms with Gasteiger partial charge in [-0.25, -0.2) is 8.78 Å². The number of pyridine rings is 1. The molecule has 1 aromatic carbocycles. The van der Waals surface area contributed by atoms with Gasteiger partial charge in [0.1, 0.15) is 11.6 Å². The van der Waals surface area contributed by atoms with E-state index in [4.69, 9.17) is 0 Å². The van der Waals surface area contributed by atoms with Crippen molar-refractivity contribution in [2.24, 2.45) is 0 Å². The van der Waals surface area contributed by atoms with E-state index in [1.807, 2.05) is 0 Å². The number of carbonyl (C=O) groups excluding carboxylic acids is 1. The van der Waals surface area contributed by atoms with Gasteiger partial charge in [0.25, 0.3) is 5.91 Å². The summed E-state index contributed by atoms with van der Waals surface area (Å²) in [5.74, 6) is -2.06. The zero-order valence-corrected chi connectivity index (χ0v) is 10.1. The second-order valence-electron chi connectivity index (χ2n) is 3.75. The Balaban J connectivity index is 2.26. The van der Waals surface area contributed by atoms with Crippen LogP contribution in [0, 0.1) is 11.6 Å². The molecule has 19 heavy (non-hydrogen) atoms. The fraction of sp³-hybridized carbons (Fsp3) is 0.0769. The molecule has 0 unspecified atom stereocenters. The molecule has 0 bridgehead atoms. The van der Waals surface area contributed by atoms with Gasteiger partial charge in [-0.2, -0.15) is 0 Å². The maximum atomic E-state index is 13.4. The minimum Gasteiger partial charge on any atom is -0.387 e. The summed E-state index contributed by atoms with van der Waals surface area (Å²) in [5.41, 5.74) is 0.751. The Bertz CT molecular complexity index is 617. The van der Waals surface area contributed by atoms with Crippen LogP contribution in [-0.2, 0) is 0 Å². The SMILES string of the molecule is CNc1ccncc1C(=O)Nc1ccc(F)cc1F. The number of carbonyl (C=O) groups is 1. The minimum absolute atomic E-state index is 0.0858. The molecule has 2 aromatic rings. The molecule has 0 saturated heterocycles. The van der Waals surface area contributed by atoms with Crippen LogP contribution in [0.15, 0.2) is 36.7 Å².